The predicted molar refractivity (Wildman–Crippen MR) is 82.0 cm³/mol. The molecule has 0 amide bonds. The van der Waals surface area contributed by atoms with Gasteiger partial charge in [0, 0.05) is 19.1 Å². The fourth-order valence-electron chi connectivity index (χ4n) is 5.06. The summed E-state index contributed by atoms with van der Waals surface area (Å²) >= 11 is 0. The molecule has 1 aromatic carbocycles. The van der Waals surface area contributed by atoms with Crippen LogP contribution in [0.3, 0.4) is 0 Å². The van der Waals surface area contributed by atoms with Gasteiger partial charge in [-0.15, -0.1) is 0 Å². The van der Waals surface area contributed by atoms with Gasteiger partial charge in [0.2, 0.25) is 6.79 Å². The topological polar surface area (TPSA) is 41.9 Å². The lowest BCUT2D eigenvalue weighted by Gasteiger charge is -2.49. The van der Waals surface area contributed by atoms with Crippen molar-refractivity contribution in [2.75, 3.05) is 19.9 Å². The Morgan fingerprint density at radius 2 is 1.91 bits per heavy atom. The minimum atomic E-state index is -0.0763. The van der Waals surface area contributed by atoms with Crippen molar-refractivity contribution in [3.8, 4) is 11.5 Å². The van der Waals surface area contributed by atoms with Gasteiger partial charge in [-0.2, -0.15) is 0 Å². The maximum Gasteiger partial charge on any atom is 0.231 e. The molecule has 0 unspecified atom stereocenters. The van der Waals surface area contributed by atoms with Crippen LogP contribution >= 0.6 is 0 Å². The highest BCUT2D eigenvalue weighted by molar-refractivity contribution is 5.50. The van der Waals surface area contributed by atoms with Gasteiger partial charge in [-0.3, -0.25) is 4.90 Å². The first-order chi connectivity index (χ1) is 10.8. The molecule has 1 saturated carbocycles. The largest absolute Gasteiger partial charge is 0.454 e. The van der Waals surface area contributed by atoms with Crippen LogP contribution < -0.4 is 9.47 Å². The quantitative estimate of drug-likeness (QED) is 0.799. The first-order valence-corrected chi connectivity index (χ1v) is 8.62. The fraction of sp³-hybridized carbons (Fsp3) is 0.667. The molecule has 1 aromatic rings. The summed E-state index contributed by atoms with van der Waals surface area (Å²) in [5, 5.41) is 10.0. The maximum atomic E-state index is 10.0. The lowest BCUT2D eigenvalue weighted by molar-refractivity contribution is -0.00983. The molecule has 4 nitrogen and oxygen atoms in total. The molecule has 0 radical (unpaired) electrons. The molecule has 118 valence electrons. The molecule has 0 aromatic heterocycles. The molecule has 1 aliphatic carbocycles. The molecule has 2 fully saturated rings. The van der Waals surface area contributed by atoms with Crippen LogP contribution in [0.4, 0.5) is 0 Å². The van der Waals surface area contributed by atoms with Gasteiger partial charge in [0.25, 0.3) is 0 Å². The van der Waals surface area contributed by atoms with Crippen molar-refractivity contribution in [3.05, 3.63) is 23.3 Å². The van der Waals surface area contributed by atoms with Gasteiger partial charge in [0.15, 0.2) is 11.5 Å². The van der Waals surface area contributed by atoms with Crippen LogP contribution in [0.5, 0.6) is 11.5 Å². The summed E-state index contributed by atoms with van der Waals surface area (Å²) in [6.45, 7) is 2.71. The van der Waals surface area contributed by atoms with Gasteiger partial charge in [0.1, 0.15) is 0 Å². The van der Waals surface area contributed by atoms with Gasteiger partial charge in [-0.05, 0) is 67.2 Å². The second kappa shape index (κ2) is 4.87. The van der Waals surface area contributed by atoms with Gasteiger partial charge in [0.05, 0.1) is 6.10 Å². The molecule has 1 N–H and O–H groups in total. The SMILES string of the molecule is O[C@@H]1CC[C@H]2CN3CCc4cc5c(cc4[C@H]3C[C@H]2C1)OCO5. The molecule has 1 saturated heterocycles. The van der Waals surface area contributed by atoms with E-state index in [1.54, 1.807) is 0 Å². The third-order valence-corrected chi connectivity index (χ3v) is 6.21. The lowest BCUT2D eigenvalue weighted by atomic mass is 9.69. The summed E-state index contributed by atoms with van der Waals surface area (Å²) in [4.78, 5) is 2.67. The summed E-state index contributed by atoms with van der Waals surface area (Å²) in [5.74, 6) is 3.29. The predicted octanol–water partition coefficient (Wildman–Crippen LogP) is 2.50. The molecule has 3 aliphatic heterocycles. The van der Waals surface area contributed by atoms with E-state index >= 15 is 0 Å². The second-order valence-corrected chi connectivity index (χ2v) is 7.39. The van der Waals surface area contributed by atoms with E-state index in [0.29, 0.717) is 18.8 Å². The Morgan fingerprint density at radius 1 is 1.05 bits per heavy atom. The first kappa shape index (κ1) is 13.2. The molecular weight excluding hydrogens is 278 g/mol. The third kappa shape index (κ3) is 1.97. The van der Waals surface area contributed by atoms with E-state index in [0.717, 1.165) is 43.2 Å². The Bertz CT molecular complexity index is 602. The van der Waals surface area contributed by atoms with E-state index in [2.05, 4.69) is 17.0 Å². The molecule has 4 atom stereocenters. The zero-order chi connectivity index (χ0) is 14.7. The van der Waals surface area contributed by atoms with E-state index in [1.165, 1.54) is 30.5 Å². The molecule has 4 heteroatoms. The zero-order valence-corrected chi connectivity index (χ0v) is 12.8. The molecule has 4 aliphatic rings. The average Bonchev–Trinajstić information content (AvgIpc) is 2.98. The summed E-state index contributed by atoms with van der Waals surface area (Å²) in [6.07, 6.45) is 5.41. The number of aliphatic hydroxyl groups excluding tert-OH is 1. The molecular formula is C18H23NO3. The number of piperidine rings is 1. The third-order valence-electron chi connectivity index (χ3n) is 6.21. The number of ether oxygens (including phenoxy) is 2. The van der Waals surface area contributed by atoms with E-state index in [9.17, 15) is 5.11 Å². The molecule has 0 spiro atoms. The van der Waals surface area contributed by atoms with Crippen molar-refractivity contribution in [2.45, 2.75) is 44.2 Å². The normalized spacial score (nSPS) is 36.4. The fourth-order valence-corrected chi connectivity index (χ4v) is 5.06. The van der Waals surface area contributed by atoms with Crippen molar-refractivity contribution in [3.63, 3.8) is 0 Å². The number of aliphatic hydroxyl groups is 1. The minimum absolute atomic E-state index is 0.0763. The number of rotatable bonds is 0. The monoisotopic (exact) mass is 301 g/mol. The van der Waals surface area contributed by atoms with Crippen LogP contribution in [-0.2, 0) is 6.42 Å². The van der Waals surface area contributed by atoms with Gasteiger partial charge < -0.3 is 14.6 Å². The standard InChI is InChI=1S/C18H23NO3/c20-14-2-1-12-9-19-4-3-11-7-17-18(22-10-21-17)8-15(11)16(19)6-13(12)5-14/h7-8,12-14,16,20H,1-6,9-10H2/t12-,13+,14+,16+/m0/s1. The number of nitrogens with zero attached hydrogens (tertiary/aromatic N) is 1. The molecule has 22 heavy (non-hydrogen) atoms. The van der Waals surface area contributed by atoms with Crippen molar-refractivity contribution < 1.29 is 14.6 Å². The van der Waals surface area contributed by atoms with Crippen molar-refractivity contribution in [1.82, 2.24) is 4.90 Å². The Hall–Kier alpha value is -1.26. The van der Waals surface area contributed by atoms with Crippen LogP contribution in [-0.4, -0.2) is 36.0 Å². The van der Waals surface area contributed by atoms with Gasteiger partial charge in [-0.1, -0.05) is 0 Å². The summed E-state index contributed by atoms with van der Waals surface area (Å²) < 4.78 is 11.1. The Morgan fingerprint density at radius 3 is 2.82 bits per heavy atom. The summed E-state index contributed by atoms with van der Waals surface area (Å²) in [7, 11) is 0. The van der Waals surface area contributed by atoms with Crippen molar-refractivity contribution >= 4 is 0 Å². The number of hydrogen-bond acceptors (Lipinski definition) is 4. The molecule has 0 bridgehead atoms. The lowest BCUT2D eigenvalue weighted by Crippen LogP contribution is -2.48. The highest BCUT2D eigenvalue weighted by atomic mass is 16.7. The van der Waals surface area contributed by atoms with Crippen LogP contribution in [0, 0.1) is 11.8 Å². The second-order valence-electron chi connectivity index (χ2n) is 7.39. The number of hydrogen-bond donors (Lipinski definition) is 1. The summed E-state index contributed by atoms with van der Waals surface area (Å²) in [5.41, 5.74) is 2.87. The van der Waals surface area contributed by atoms with Crippen molar-refractivity contribution in [2.24, 2.45) is 11.8 Å². The van der Waals surface area contributed by atoms with Crippen LogP contribution in [0.1, 0.15) is 42.9 Å². The average molecular weight is 301 g/mol. The molecule has 5 rings (SSSR count). The van der Waals surface area contributed by atoms with E-state index < -0.39 is 0 Å². The van der Waals surface area contributed by atoms with Gasteiger partial charge >= 0.3 is 0 Å². The number of benzene rings is 1. The Kier molecular flexibility index (Phi) is 2.92. The zero-order valence-electron chi connectivity index (χ0n) is 12.8. The minimum Gasteiger partial charge on any atom is -0.454 e. The highest BCUT2D eigenvalue weighted by Gasteiger charge is 2.41. The Labute approximate surface area is 131 Å². The van der Waals surface area contributed by atoms with Gasteiger partial charge in [-0.25, -0.2) is 0 Å². The van der Waals surface area contributed by atoms with Crippen molar-refractivity contribution in [1.29, 1.82) is 0 Å². The molecule has 3 heterocycles. The maximum absolute atomic E-state index is 10.0. The summed E-state index contributed by atoms with van der Waals surface area (Å²) in [6, 6.07) is 4.91. The van der Waals surface area contributed by atoms with E-state index in [-0.39, 0.29) is 6.10 Å². The Balaban J connectivity index is 1.48. The van der Waals surface area contributed by atoms with E-state index in [1.807, 2.05) is 0 Å². The smallest absolute Gasteiger partial charge is 0.231 e. The highest BCUT2D eigenvalue weighted by Crippen LogP contribution is 2.48. The van der Waals surface area contributed by atoms with E-state index in [4.69, 9.17) is 9.47 Å². The van der Waals surface area contributed by atoms with Crippen LogP contribution in [0.15, 0.2) is 12.1 Å². The first-order valence-electron chi connectivity index (χ1n) is 8.62. The number of fused-ring (bicyclic) bond motifs is 5. The van der Waals surface area contributed by atoms with Crippen LogP contribution in [0.2, 0.25) is 0 Å². The van der Waals surface area contributed by atoms with Crippen LogP contribution in [0.25, 0.3) is 0 Å².